The second-order valence-corrected chi connectivity index (χ2v) is 6.65. The van der Waals surface area contributed by atoms with Crippen molar-refractivity contribution in [1.29, 1.82) is 0 Å². The standard InChI is InChI=1S/C17H24ClN3O2/c18-15-3-1-2-14(10-15)12-20-5-7-21(8-6-20)17(22)11-16-13-23-9-4-19-16/h1-3,10,16,19H,4-9,11-13H2. The van der Waals surface area contributed by atoms with Crippen LogP contribution in [-0.4, -0.2) is 67.7 Å². The number of hydrogen-bond acceptors (Lipinski definition) is 4. The van der Waals surface area contributed by atoms with Crippen LogP contribution in [-0.2, 0) is 16.1 Å². The Morgan fingerprint density at radius 3 is 2.83 bits per heavy atom. The lowest BCUT2D eigenvalue weighted by Gasteiger charge is -2.35. The van der Waals surface area contributed by atoms with Crippen LogP contribution >= 0.6 is 11.6 Å². The number of nitrogens with one attached hydrogen (secondary N) is 1. The average Bonchev–Trinajstić information content (AvgIpc) is 2.56. The summed E-state index contributed by atoms with van der Waals surface area (Å²) < 4.78 is 5.41. The maximum absolute atomic E-state index is 12.4. The van der Waals surface area contributed by atoms with Crippen LogP contribution in [0.25, 0.3) is 0 Å². The van der Waals surface area contributed by atoms with Crippen molar-refractivity contribution in [3.63, 3.8) is 0 Å². The summed E-state index contributed by atoms with van der Waals surface area (Å²) in [6.07, 6.45) is 0.536. The lowest BCUT2D eigenvalue weighted by atomic mass is 10.1. The van der Waals surface area contributed by atoms with Gasteiger partial charge in [0.25, 0.3) is 0 Å². The predicted molar refractivity (Wildman–Crippen MR) is 90.5 cm³/mol. The molecular weight excluding hydrogens is 314 g/mol. The molecule has 2 fully saturated rings. The number of piperazine rings is 1. The smallest absolute Gasteiger partial charge is 0.224 e. The van der Waals surface area contributed by atoms with Crippen LogP contribution in [0.15, 0.2) is 24.3 Å². The monoisotopic (exact) mass is 337 g/mol. The Bertz CT molecular complexity index is 526. The molecule has 1 aromatic carbocycles. The van der Waals surface area contributed by atoms with E-state index in [0.29, 0.717) is 13.0 Å². The van der Waals surface area contributed by atoms with Crippen molar-refractivity contribution in [3.05, 3.63) is 34.9 Å². The first-order valence-corrected chi connectivity index (χ1v) is 8.64. The number of amides is 1. The van der Waals surface area contributed by atoms with E-state index in [0.717, 1.165) is 50.9 Å². The number of nitrogens with zero attached hydrogens (tertiary/aromatic N) is 2. The van der Waals surface area contributed by atoms with Gasteiger partial charge in [-0.05, 0) is 17.7 Å². The number of ether oxygens (including phenoxy) is 1. The highest BCUT2D eigenvalue weighted by Gasteiger charge is 2.24. The number of hydrogen-bond donors (Lipinski definition) is 1. The van der Waals surface area contributed by atoms with Crippen molar-refractivity contribution in [2.24, 2.45) is 0 Å². The summed E-state index contributed by atoms with van der Waals surface area (Å²) in [5.41, 5.74) is 1.22. The predicted octanol–water partition coefficient (Wildman–Crippen LogP) is 1.36. The minimum atomic E-state index is 0.167. The first-order valence-electron chi connectivity index (χ1n) is 8.26. The molecule has 3 rings (SSSR count). The van der Waals surface area contributed by atoms with Crippen LogP contribution in [0.2, 0.25) is 5.02 Å². The van der Waals surface area contributed by atoms with E-state index in [9.17, 15) is 4.79 Å². The summed E-state index contributed by atoms with van der Waals surface area (Å²) in [7, 11) is 0. The molecule has 2 saturated heterocycles. The SMILES string of the molecule is O=C(CC1COCCN1)N1CCN(Cc2cccc(Cl)c2)CC1. The van der Waals surface area contributed by atoms with Gasteiger partial charge in [-0.2, -0.15) is 0 Å². The fourth-order valence-corrected chi connectivity index (χ4v) is 3.35. The summed E-state index contributed by atoms with van der Waals surface area (Å²) in [5.74, 6) is 0.232. The van der Waals surface area contributed by atoms with Crippen molar-refractivity contribution in [3.8, 4) is 0 Å². The molecule has 5 nitrogen and oxygen atoms in total. The number of rotatable bonds is 4. The molecule has 1 N–H and O–H groups in total. The van der Waals surface area contributed by atoms with E-state index >= 15 is 0 Å². The fourth-order valence-electron chi connectivity index (χ4n) is 3.14. The molecule has 1 unspecified atom stereocenters. The topological polar surface area (TPSA) is 44.8 Å². The number of benzene rings is 1. The molecule has 0 radical (unpaired) electrons. The third-order valence-electron chi connectivity index (χ3n) is 4.44. The Balaban J connectivity index is 1.43. The van der Waals surface area contributed by atoms with Crippen LogP contribution in [0.4, 0.5) is 0 Å². The summed E-state index contributed by atoms with van der Waals surface area (Å²) in [4.78, 5) is 16.7. The highest BCUT2D eigenvalue weighted by Crippen LogP contribution is 2.14. The van der Waals surface area contributed by atoms with E-state index in [1.165, 1.54) is 5.56 Å². The molecule has 2 aliphatic rings. The Morgan fingerprint density at radius 2 is 2.13 bits per heavy atom. The average molecular weight is 338 g/mol. The van der Waals surface area contributed by atoms with Crippen molar-refractivity contribution in [2.45, 2.75) is 19.0 Å². The molecule has 23 heavy (non-hydrogen) atoms. The van der Waals surface area contributed by atoms with Crippen molar-refractivity contribution in [1.82, 2.24) is 15.1 Å². The van der Waals surface area contributed by atoms with Crippen LogP contribution < -0.4 is 5.32 Å². The van der Waals surface area contributed by atoms with Crippen molar-refractivity contribution < 1.29 is 9.53 Å². The Hall–Kier alpha value is -1.14. The molecule has 0 bridgehead atoms. The third-order valence-corrected chi connectivity index (χ3v) is 4.67. The van der Waals surface area contributed by atoms with Gasteiger partial charge in [-0.3, -0.25) is 9.69 Å². The highest BCUT2D eigenvalue weighted by atomic mass is 35.5. The van der Waals surface area contributed by atoms with Crippen molar-refractivity contribution >= 4 is 17.5 Å². The summed E-state index contributed by atoms with van der Waals surface area (Å²) in [6, 6.07) is 8.15. The molecule has 0 saturated carbocycles. The summed E-state index contributed by atoms with van der Waals surface area (Å²) in [5, 5.41) is 4.12. The van der Waals surface area contributed by atoms with E-state index in [1.807, 2.05) is 23.1 Å². The normalized spacial score (nSPS) is 23.0. The van der Waals surface area contributed by atoms with E-state index in [1.54, 1.807) is 0 Å². The summed E-state index contributed by atoms with van der Waals surface area (Å²) in [6.45, 7) is 6.53. The fraction of sp³-hybridized carbons (Fsp3) is 0.588. The second-order valence-electron chi connectivity index (χ2n) is 6.22. The lowest BCUT2D eigenvalue weighted by Crippen LogP contribution is -2.51. The molecule has 0 spiro atoms. The first-order chi connectivity index (χ1) is 11.2. The van der Waals surface area contributed by atoms with Gasteiger partial charge in [0, 0.05) is 56.8 Å². The zero-order valence-corrected chi connectivity index (χ0v) is 14.1. The second kappa shape index (κ2) is 8.11. The molecule has 6 heteroatoms. The zero-order chi connectivity index (χ0) is 16.1. The highest BCUT2D eigenvalue weighted by molar-refractivity contribution is 6.30. The van der Waals surface area contributed by atoms with Gasteiger partial charge in [-0.1, -0.05) is 23.7 Å². The minimum absolute atomic E-state index is 0.167. The Labute approximate surface area is 142 Å². The number of carbonyl (C=O) groups is 1. The lowest BCUT2D eigenvalue weighted by molar-refractivity contribution is -0.134. The first kappa shape index (κ1) is 16.7. The van der Waals surface area contributed by atoms with Gasteiger partial charge in [0.2, 0.25) is 5.91 Å². The van der Waals surface area contributed by atoms with E-state index in [4.69, 9.17) is 16.3 Å². The quantitative estimate of drug-likeness (QED) is 0.901. The summed E-state index contributed by atoms with van der Waals surface area (Å²) >= 11 is 6.03. The van der Waals surface area contributed by atoms with Gasteiger partial charge in [0.05, 0.1) is 13.2 Å². The molecule has 0 aliphatic carbocycles. The van der Waals surface area contributed by atoms with Gasteiger partial charge in [-0.25, -0.2) is 0 Å². The molecule has 2 heterocycles. The Kier molecular flexibility index (Phi) is 5.89. The molecule has 1 aromatic rings. The van der Waals surface area contributed by atoms with Crippen LogP contribution in [0.1, 0.15) is 12.0 Å². The maximum atomic E-state index is 12.4. The number of halogens is 1. The van der Waals surface area contributed by atoms with E-state index in [-0.39, 0.29) is 11.9 Å². The molecular formula is C17H24ClN3O2. The molecule has 2 aliphatic heterocycles. The van der Waals surface area contributed by atoms with Crippen LogP contribution in [0, 0.1) is 0 Å². The number of carbonyl (C=O) groups excluding carboxylic acids is 1. The minimum Gasteiger partial charge on any atom is -0.378 e. The van der Waals surface area contributed by atoms with Gasteiger partial charge < -0.3 is 15.0 Å². The van der Waals surface area contributed by atoms with Crippen LogP contribution in [0.5, 0.6) is 0 Å². The number of morpholine rings is 1. The van der Waals surface area contributed by atoms with E-state index in [2.05, 4.69) is 16.3 Å². The molecule has 126 valence electrons. The van der Waals surface area contributed by atoms with Gasteiger partial charge in [0.1, 0.15) is 0 Å². The maximum Gasteiger partial charge on any atom is 0.224 e. The van der Waals surface area contributed by atoms with Gasteiger partial charge >= 0.3 is 0 Å². The van der Waals surface area contributed by atoms with Crippen LogP contribution in [0.3, 0.4) is 0 Å². The largest absolute Gasteiger partial charge is 0.378 e. The van der Waals surface area contributed by atoms with E-state index < -0.39 is 0 Å². The molecule has 0 aromatic heterocycles. The van der Waals surface area contributed by atoms with Gasteiger partial charge in [0.15, 0.2) is 0 Å². The van der Waals surface area contributed by atoms with Gasteiger partial charge in [-0.15, -0.1) is 0 Å². The third kappa shape index (κ3) is 4.91. The zero-order valence-electron chi connectivity index (χ0n) is 13.3. The van der Waals surface area contributed by atoms with Crippen molar-refractivity contribution in [2.75, 3.05) is 45.9 Å². The molecule has 1 amide bonds. The molecule has 1 atom stereocenters. The Morgan fingerprint density at radius 1 is 1.30 bits per heavy atom.